The zero-order valence-corrected chi connectivity index (χ0v) is 13.1. The Hall–Kier alpha value is -1.89. The highest BCUT2D eigenvalue weighted by Crippen LogP contribution is 2.10. The molecule has 0 spiro atoms. The molecule has 1 heterocycles. The molecule has 2 unspecified atom stereocenters. The molecule has 0 saturated heterocycles. The number of likely N-dealkylation sites (N-methyl/N-ethyl adjacent to an activating group) is 1. The minimum atomic E-state index is -0.462. The topological polar surface area (TPSA) is 88.1 Å². The predicted octanol–water partition coefficient (Wildman–Crippen LogP) is 0.102. The molecule has 0 saturated carbocycles. The minimum absolute atomic E-state index is 0.0490. The SMILES string of the molecule is CCC(C)NC(=O)CCNC(=O)C(NC)c1cnn(C)c1. The van der Waals surface area contributed by atoms with Crippen molar-refractivity contribution in [1.29, 1.82) is 0 Å². The smallest absolute Gasteiger partial charge is 0.241 e. The highest BCUT2D eigenvalue weighted by atomic mass is 16.2. The monoisotopic (exact) mass is 295 g/mol. The third kappa shape index (κ3) is 5.55. The summed E-state index contributed by atoms with van der Waals surface area (Å²) in [7, 11) is 3.51. The summed E-state index contributed by atoms with van der Waals surface area (Å²) in [4.78, 5) is 23.7. The van der Waals surface area contributed by atoms with Gasteiger partial charge in [-0.15, -0.1) is 0 Å². The van der Waals surface area contributed by atoms with E-state index in [-0.39, 0.29) is 24.3 Å². The lowest BCUT2D eigenvalue weighted by atomic mass is 10.1. The van der Waals surface area contributed by atoms with Gasteiger partial charge >= 0.3 is 0 Å². The Morgan fingerprint density at radius 1 is 1.43 bits per heavy atom. The summed E-state index contributed by atoms with van der Waals surface area (Å²) in [5.41, 5.74) is 0.793. The van der Waals surface area contributed by atoms with Crippen molar-refractivity contribution < 1.29 is 9.59 Å². The average molecular weight is 295 g/mol. The first-order chi connectivity index (χ1) is 9.97. The second kappa shape index (κ2) is 8.41. The largest absolute Gasteiger partial charge is 0.354 e. The Bertz CT molecular complexity index is 472. The molecule has 0 fully saturated rings. The lowest BCUT2D eigenvalue weighted by Gasteiger charge is -2.15. The highest BCUT2D eigenvalue weighted by Gasteiger charge is 2.19. The van der Waals surface area contributed by atoms with Crippen molar-refractivity contribution in [3.05, 3.63) is 18.0 Å². The van der Waals surface area contributed by atoms with E-state index in [1.165, 1.54) is 0 Å². The maximum absolute atomic E-state index is 12.1. The fraction of sp³-hybridized carbons (Fsp3) is 0.643. The number of nitrogens with zero attached hydrogens (tertiary/aromatic N) is 2. The van der Waals surface area contributed by atoms with Gasteiger partial charge in [0.25, 0.3) is 0 Å². The van der Waals surface area contributed by atoms with E-state index in [1.807, 2.05) is 13.8 Å². The van der Waals surface area contributed by atoms with Gasteiger partial charge < -0.3 is 16.0 Å². The van der Waals surface area contributed by atoms with Crippen LogP contribution < -0.4 is 16.0 Å². The van der Waals surface area contributed by atoms with E-state index < -0.39 is 6.04 Å². The fourth-order valence-electron chi connectivity index (χ4n) is 1.89. The van der Waals surface area contributed by atoms with Crippen LogP contribution in [0.3, 0.4) is 0 Å². The number of amides is 2. The van der Waals surface area contributed by atoms with Gasteiger partial charge in [0.2, 0.25) is 11.8 Å². The molecule has 118 valence electrons. The Kier molecular flexibility index (Phi) is 6.87. The molecule has 7 heteroatoms. The van der Waals surface area contributed by atoms with Crippen molar-refractivity contribution >= 4 is 11.8 Å². The van der Waals surface area contributed by atoms with Crippen LogP contribution in [0.2, 0.25) is 0 Å². The normalized spacial score (nSPS) is 13.5. The van der Waals surface area contributed by atoms with E-state index in [0.29, 0.717) is 6.54 Å². The molecule has 0 aliphatic heterocycles. The van der Waals surface area contributed by atoms with Crippen molar-refractivity contribution in [2.75, 3.05) is 13.6 Å². The number of rotatable bonds is 8. The van der Waals surface area contributed by atoms with Gasteiger partial charge in [0, 0.05) is 37.8 Å². The van der Waals surface area contributed by atoms with Crippen LogP contribution in [0.15, 0.2) is 12.4 Å². The highest BCUT2D eigenvalue weighted by molar-refractivity contribution is 5.83. The standard InChI is InChI=1S/C14H25N5O2/c1-5-10(2)18-12(20)6-7-16-14(21)13(15-3)11-8-17-19(4)9-11/h8-10,13,15H,5-7H2,1-4H3,(H,16,21)(H,18,20). The number of nitrogens with one attached hydrogen (secondary N) is 3. The summed E-state index contributed by atoms with van der Waals surface area (Å²) in [6.07, 6.45) is 4.60. The van der Waals surface area contributed by atoms with Crippen LogP contribution in [-0.4, -0.2) is 41.2 Å². The van der Waals surface area contributed by atoms with Crippen molar-refractivity contribution in [3.8, 4) is 0 Å². The van der Waals surface area contributed by atoms with Gasteiger partial charge in [-0.25, -0.2) is 0 Å². The molecule has 0 aliphatic rings. The van der Waals surface area contributed by atoms with Crippen LogP contribution in [-0.2, 0) is 16.6 Å². The molecule has 7 nitrogen and oxygen atoms in total. The maximum Gasteiger partial charge on any atom is 0.241 e. The molecule has 1 aromatic heterocycles. The van der Waals surface area contributed by atoms with E-state index in [4.69, 9.17) is 0 Å². The van der Waals surface area contributed by atoms with Crippen molar-refractivity contribution in [2.45, 2.75) is 38.8 Å². The van der Waals surface area contributed by atoms with Gasteiger partial charge in [0.1, 0.15) is 6.04 Å². The molecule has 0 aromatic carbocycles. The van der Waals surface area contributed by atoms with Crippen LogP contribution >= 0.6 is 0 Å². The molecule has 1 rings (SSSR count). The number of carbonyl (C=O) groups excluding carboxylic acids is 2. The van der Waals surface area contributed by atoms with Gasteiger partial charge in [0.05, 0.1) is 6.20 Å². The van der Waals surface area contributed by atoms with Gasteiger partial charge in [0.15, 0.2) is 0 Å². The van der Waals surface area contributed by atoms with Gasteiger partial charge in [-0.2, -0.15) is 5.10 Å². The second-order valence-electron chi connectivity index (χ2n) is 5.09. The van der Waals surface area contributed by atoms with E-state index in [0.717, 1.165) is 12.0 Å². The van der Waals surface area contributed by atoms with E-state index in [9.17, 15) is 9.59 Å². The van der Waals surface area contributed by atoms with Crippen LogP contribution in [0.4, 0.5) is 0 Å². The summed E-state index contributed by atoms with van der Waals surface area (Å²) >= 11 is 0. The summed E-state index contributed by atoms with van der Waals surface area (Å²) < 4.78 is 1.65. The number of aryl methyl sites for hydroxylation is 1. The molecule has 0 aliphatic carbocycles. The number of aromatic nitrogens is 2. The van der Waals surface area contributed by atoms with Crippen molar-refractivity contribution in [3.63, 3.8) is 0 Å². The number of hydrogen-bond donors (Lipinski definition) is 3. The Morgan fingerprint density at radius 2 is 2.14 bits per heavy atom. The zero-order valence-electron chi connectivity index (χ0n) is 13.1. The van der Waals surface area contributed by atoms with Crippen LogP contribution in [0.1, 0.15) is 38.3 Å². The first-order valence-electron chi connectivity index (χ1n) is 7.20. The molecular weight excluding hydrogens is 270 g/mol. The molecule has 2 atom stereocenters. The van der Waals surface area contributed by atoms with Crippen molar-refractivity contribution in [2.24, 2.45) is 7.05 Å². The summed E-state index contributed by atoms with van der Waals surface area (Å²) in [5.74, 6) is -0.214. The molecular formula is C14H25N5O2. The summed E-state index contributed by atoms with van der Waals surface area (Å²) in [6, 6.07) is -0.301. The van der Waals surface area contributed by atoms with Gasteiger partial charge in [-0.1, -0.05) is 6.92 Å². The maximum atomic E-state index is 12.1. The first kappa shape index (κ1) is 17.2. The Morgan fingerprint density at radius 3 is 2.67 bits per heavy atom. The predicted molar refractivity (Wildman–Crippen MR) is 80.5 cm³/mol. The molecule has 0 bridgehead atoms. The lowest BCUT2D eigenvalue weighted by molar-refractivity contribution is -0.123. The lowest BCUT2D eigenvalue weighted by Crippen LogP contribution is -2.39. The average Bonchev–Trinajstić information content (AvgIpc) is 2.85. The van der Waals surface area contributed by atoms with Crippen LogP contribution in [0.25, 0.3) is 0 Å². The van der Waals surface area contributed by atoms with Gasteiger partial charge in [-0.05, 0) is 20.4 Å². The molecule has 0 radical (unpaired) electrons. The van der Waals surface area contributed by atoms with E-state index >= 15 is 0 Å². The van der Waals surface area contributed by atoms with Crippen LogP contribution in [0, 0.1) is 0 Å². The van der Waals surface area contributed by atoms with E-state index in [2.05, 4.69) is 21.0 Å². The first-order valence-corrected chi connectivity index (χ1v) is 7.20. The van der Waals surface area contributed by atoms with Crippen LogP contribution in [0.5, 0.6) is 0 Å². The molecule has 1 aromatic rings. The fourth-order valence-corrected chi connectivity index (χ4v) is 1.89. The second-order valence-corrected chi connectivity index (χ2v) is 5.09. The summed E-state index contributed by atoms with van der Waals surface area (Å²) in [6.45, 7) is 4.29. The molecule has 21 heavy (non-hydrogen) atoms. The Labute approximate surface area is 125 Å². The minimum Gasteiger partial charge on any atom is -0.354 e. The Balaban J connectivity index is 2.40. The summed E-state index contributed by atoms with van der Waals surface area (Å²) in [5, 5.41) is 12.6. The third-order valence-corrected chi connectivity index (χ3v) is 3.28. The van der Waals surface area contributed by atoms with Gasteiger partial charge in [-0.3, -0.25) is 14.3 Å². The van der Waals surface area contributed by atoms with E-state index in [1.54, 1.807) is 31.2 Å². The van der Waals surface area contributed by atoms with Crippen molar-refractivity contribution in [1.82, 2.24) is 25.7 Å². The molecule has 2 amide bonds. The third-order valence-electron chi connectivity index (χ3n) is 3.28. The number of carbonyl (C=O) groups is 2. The zero-order chi connectivity index (χ0) is 15.8. The quantitative estimate of drug-likeness (QED) is 0.635. The number of hydrogen-bond acceptors (Lipinski definition) is 4. The molecule has 3 N–H and O–H groups in total.